The summed E-state index contributed by atoms with van der Waals surface area (Å²) in [4.78, 5) is 19.4. The van der Waals surface area contributed by atoms with E-state index in [0.29, 0.717) is 23.9 Å². The van der Waals surface area contributed by atoms with Crippen LogP contribution in [0.25, 0.3) is 10.2 Å². The molecule has 0 saturated carbocycles. The number of aromatic nitrogens is 5. The fourth-order valence-corrected chi connectivity index (χ4v) is 3.61. The van der Waals surface area contributed by atoms with Gasteiger partial charge in [0.25, 0.3) is 5.91 Å². The molecule has 0 unspecified atom stereocenters. The molecule has 8 heteroatoms. The third kappa shape index (κ3) is 3.03. The summed E-state index contributed by atoms with van der Waals surface area (Å²) >= 11 is 1.51. The van der Waals surface area contributed by atoms with E-state index < -0.39 is 0 Å². The molecule has 4 aromatic rings. The van der Waals surface area contributed by atoms with Crippen LogP contribution in [0.3, 0.4) is 0 Å². The Hall–Kier alpha value is -3.00. The van der Waals surface area contributed by atoms with E-state index in [1.54, 1.807) is 39.8 Å². The Bertz CT molecular complexity index is 970. The van der Waals surface area contributed by atoms with Gasteiger partial charge >= 0.3 is 0 Å². The lowest BCUT2D eigenvalue weighted by atomic mass is 10.3. The molecular weight excluding hydrogens is 336 g/mol. The average molecular weight is 352 g/mol. The van der Waals surface area contributed by atoms with E-state index in [1.165, 1.54) is 11.3 Å². The smallest absolute Gasteiger partial charge is 0.278 e. The number of thiazole rings is 1. The highest BCUT2D eigenvalue weighted by Crippen LogP contribution is 2.29. The van der Waals surface area contributed by atoms with Crippen molar-refractivity contribution in [1.82, 2.24) is 24.5 Å². The number of carbonyl (C=O) groups is 1. The van der Waals surface area contributed by atoms with Gasteiger partial charge in [-0.25, -0.2) is 4.98 Å². The summed E-state index contributed by atoms with van der Waals surface area (Å²) in [5, 5.41) is 8.99. The quantitative estimate of drug-likeness (QED) is 0.554. The van der Waals surface area contributed by atoms with Crippen molar-refractivity contribution in [2.24, 2.45) is 7.05 Å². The van der Waals surface area contributed by atoms with Gasteiger partial charge in [-0.1, -0.05) is 23.5 Å². The number of para-hydroxylation sites is 1. The maximum absolute atomic E-state index is 13.1. The Morgan fingerprint density at radius 1 is 1.16 bits per heavy atom. The van der Waals surface area contributed by atoms with Crippen LogP contribution in [-0.2, 0) is 13.6 Å². The first-order chi connectivity index (χ1) is 12.2. The number of amides is 1. The molecule has 3 heterocycles. The summed E-state index contributed by atoms with van der Waals surface area (Å²) in [6, 6.07) is 11.5. The number of hydrogen-bond acceptors (Lipinski definition) is 5. The molecule has 0 bridgehead atoms. The minimum absolute atomic E-state index is 0.119. The van der Waals surface area contributed by atoms with E-state index in [1.807, 2.05) is 36.5 Å². The summed E-state index contributed by atoms with van der Waals surface area (Å²) in [6.07, 6.45) is 5.23. The minimum atomic E-state index is -0.119. The van der Waals surface area contributed by atoms with Gasteiger partial charge in [-0.15, -0.1) is 0 Å². The molecule has 0 fully saturated rings. The first-order valence-electron chi connectivity index (χ1n) is 7.85. The molecule has 7 nitrogen and oxygen atoms in total. The van der Waals surface area contributed by atoms with Crippen LogP contribution in [-0.4, -0.2) is 37.0 Å². The van der Waals surface area contributed by atoms with Gasteiger partial charge in [0.05, 0.1) is 16.8 Å². The molecule has 126 valence electrons. The maximum atomic E-state index is 13.1. The lowest BCUT2D eigenvalue weighted by molar-refractivity contribution is 0.0976. The van der Waals surface area contributed by atoms with Crippen molar-refractivity contribution in [2.75, 3.05) is 11.4 Å². The fourth-order valence-electron chi connectivity index (χ4n) is 2.62. The van der Waals surface area contributed by atoms with Crippen LogP contribution < -0.4 is 4.90 Å². The molecule has 0 N–H and O–H groups in total. The van der Waals surface area contributed by atoms with Crippen molar-refractivity contribution in [1.29, 1.82) is 0 Å². The van der Waals surface area contributed by atoms with Gasteiger partial charge < -0.3 is 0 Å². The Kier molecular flexibility index (Phi) is 4.02. The molecule has 0 aliphatic rings. The van der Waals surface area contributed by atoms with Gasteiger partial charge in [-0.2, -0.15) is 10.2 Å². The number of carbonyl (C=O) groups excluding carboxylic acids is 1. The van der Waals surface area contributed by atoms with Gasteiger partial charge in [0.15, 0.2) is 5.13 Å². The van der Waals surface area contributed by atoms with Crippen LogP contribution in [0.5, 0.6) is 0 Å². The first-order valence-corrected chi connectivity index (χ1v) is 8.67. The molecule has 0 aliphatic heterocycles. The molecule has 25 heavy (non-hydrogen) atoms. The molecule has 3 aromatic heterocycles. The van der Waals surface area contributed by atoms with E-state index in [4.69, 9.17) is 0 Å². The number of benzene rings is 1. The van der Waals surface area contributed by atoms with Gasteiger partial charge in [0, 0.05) is 32.2 Å². The van der Waals surface area contributed by atoms with Crippen molar-refractivity contribution in [3.05, 3.63) is 60.7 Å². The molecule has 1 aromatic carbocycles. The maximum Gasteiger partial charge on any atom is 0.278 e. The Morgan fingerprint density at radius 2 is 2.04 bits per heavy atom. The second-order valence-electron chi connectivity index (χ2n) is 5.53. The average Bonchev–Trinajstić information content (AvgIpc) is 3.34. The summed E-state index contributed by atoms with van der Waals surface area (Å²) < 4.78 is 4.44. The summed E-state index contributed by atoms with van der Waals surface area (Å²) in [6.45, 7) is 1.07. The van der Waals surface area contributed by atoms with Crippen LogP contribution in [0.4, 0.5) is 5.13 Å². The van der Waals surface area contributed by atoms with Crippen LogP contribution >= 0.6 is 11.3 Å². The van der Waals surface area contributed by atoms with Crippen LogP contribution in [0, 0.1) is 0 Å². The van der Waals surface area contributed by atoms with Crippen molar-refractivity contribution in [3.63, 3.8) is 0 Å². The second-order valence-corrected chi connectivity index (χ2v) is 6.54. The van der Waals surface area contributed by atoms with Gasteiger partial charge in [0.2, 0.25) is 0 Å². The molecule has 0 spiro atoms. The molecule has 1 amide bonds. The van der Waals surface area contributed by atoms with E-state index >= 15 is 0 Å². The number of aryl methyl sites for hydroxylation is 1. The molecule has 0 aliphatic carbocycles. The molecule has 0 saturated heterocycles. The van der Waals surface area contributed by atoms with Crippen molar-refractivity contribution in [2.45, 2.75) is 6.54 Å². The molecule has 0 atom stereocenters. The monoisotopic (exact) mass is 352 g/mol. The SMILES string of the molecule is Cn1nccc1C(=O)N(CCn1cccn1)c1nc2ccccc2s1. The predicted octanol–water partition coefficient (Wildman–Crippen LogP) is 2.57. The topological polar surface area (TPSA) is 68.8 Å². The second kappa shape index (κ2) is 6.48. The molecule has 0 radical (unpaired) electrons. The minimum Gasteiger partial charge on any atom is -0.281 e. The van der Waals surface area contributed by atoms with Gasteiger partial charge in [0.1, 0.15) is 5.69 Å². The number of nitrogens with zero attached hydrogens (tertiary/aromatic N) is 6. The fraction of sp³-hybridized carbons (Fsp3) is 0.176. The summed E-state index contributed by atoms with van der Waals surface area (Å²) in [5.74, 6) is -0.119. The van der Waals surface area contributed by atoms with Crippen LogP contribution in [0.2, 0.25) is 0 Å². The van der Waals surface area contributed by atoms with Crippen molar-refractivity contribution >= 4 is 32.6 Å². The predicted molar refractivity (Wildman–Crippen MR) is 96.7 cm³/mol. The lowest BCUT2D eigenvalue weighted by Crippen LogP contribution is -2.35. The van der Waals surface area contributed by atoms with Crippen molar-refractivity contribution in [3.8, 4) is 0 Å². The first kappa shape index (κ1) is 15.5. The van der Waals surface area contributed by atoms with E-state index in [-0.39, 0.29) is 5.91 Å². The zero-order valence-electron chi connectivity index (χ0n) is 13.6. The standard InChI is InChI=1S/C17H16N6OS/c1-21-14(7-9-18-21)16(24)23(12-11-22-10-4-8-19-22)17-20-13-5-2-3-6-15(13)25-17/h2-10H,11-12H2,1H3. The highest BCUT2D eigenvalue weighted by atomic mass is 32.1. The normalized spacial score (nSPS) is 11.1. The largest absolute Gasteiger partial charge is 0.281 e. The third-order valence-electron chi connectivity index (χ3n) is 3.91. The van der Waals surface area contributed by atoms with E-state index in [9.17, 15) is 4.79 Å². The molecular formula is C17H16N6OS. The molecule has 4 rings (SSSR count). The van der Waals surface area contributed by atoms with Crippen LogP contribution in [0.1, 0.15) is 10.5 Å². The van der Waals surface area contributed by atoms with E-state index in [2.05, 4.69) is 15.2 Å². The Morgan fingerprint density at radius 3 is 2.76 bits per heavy atom. The third-order valence-corrected chi connectivity index (χ3v) is 4.97. The number of rotatable bonds is 5. The van der Waals surface area contributed by atoms with Gasteiger partial charge in [-0.3, -0.25) is 19.1 Å². The van der Waals surface area contributed by atoms with Crippen molar-refractivity contribution < 1.29 is 4.79 Å². The van der Waals surface area contributed by atoms with Crippen LogP contribution in [0.15, 0.2) is 55.0 Å². The highest BCUT2D eigenvalue weighted by Gasteiger charge is 2.23. The summed E-state index contributed by atoms with van der Waals surface area (Å²) in [5.41, 5.74) is 1.42. The van der Waals surface area contributed by atoms with Gasteiger partial charge in [-0.05, 0) is 24.3 Å². The Labute approximate surface area is 148 Å². The number of hydrogen-bond donors (Lipinski definition) is 0. The number of anilines is 1. The zero-order valence-corrected chi connectivity index (χ0v) is 14.4. The lowest BCUT2D eigenvalue weighted by Gasteiger charge is -2.19. The van der Waals surface area contributed by atoms with E-state index in [0.717, 1.165) is 10.2 Å². The number of fused-ring (bicyclic) bond motifs is 1. The highest BCUT2D eigenvalue weighted by molar-refractivity contribution is 7.22. The zero-order chi connectivity index (χ0) is 17.2. The summed E-state index contributed by atoms with van der Waals surface area (Å²) in [7, 11) is 1.76. The Balaban J connectivity index is 1.69.